The van der Waals surface area contributed by atoms with Crippen LogP contribution in [0.5, 0.6) is 0 Å². The van der Waals surface area contributed by atoms with E-state index in [0.29, 0.717) is 0 Å². The quantitative estimate of drug-likeness (QED) is 0.0906. The average Bonchev–Trinajstić information content (AvgIpc) is 2.65. The summed E-state index contributed by atoms with van der Waals surface area (Å²) in [5, 5.41) is 1.06. The van der Waals surface area contributed by atoms with Gasteiger partial charge in [0.15, 0.2) is 6.29 Å². The molecule has 0 rings (SSSR count). The highest BCUT2D eigenvalue weighted by atomic mass is 79.9. The third-order valence-electron chi connectivity index (χ3n) is 4.41. The highest BCUT2D eigenvalue weighted by Gasteiger charge is 2.09. The molecule has 0 aliphatic carbocycles. The Bertz CT molecular complexity index is 308. The van der Waals surface area contributed by atoms with Gasteiger partial charge in [-0.2, -0.15) is 0 Å². The van der Waals surface area contributed by atoms with Crippen LogP contribution in [0, 0.1) is 11.8 Å². The fourth-order valence-corrected chi connectivity index (χ4v) is 3.02. The Balaban J connectivity index is 3.80. The predicted molar refractivity (Wildman–Crippen MR) is 118 cm³/mol. The standard InChI is InChI=1S/C23H43BrO2/c1-3-5-7-17-21-25-23(26-22-18-8-6-4-2)19-15-13-11-9-10-12-14-16-20-24/h23H,3-9,11,13-22H2,1-2H3. The Morgan fingerprint density at radius 2 is 1.19 bits per heavy atom. The summed E-state index contributed by atoms with van der Waals surface area (Å²) in [6.07, 6.45) is 17.9. The number of rotatable bonds is 19. The Morgan fingerprint density at radius 1 is 0.654 bits per heavy atom. The first kappa shape index (κ1) is 26.0. The maximum absolute atomic E-state index is 6.01. The summed E-state index contributed by atoms with van der Waals surface area (Å²) < 4.78 is 12.0. The van der Waals surface area contributed by atoms with E-state index in [1.807, 2.05) is 0 Å². The fraction of sp³-hybridized carbons (Fsp3) is 0.913. The van der Waals surface area contributed by atoms with E-state index in [1.54, 1.807) is 0 Å². The van der Waals surface area contributed by atoms with E-state index in [9.17, 15) is 0 Å². The molecule has 0 saturated heterocycles. The van der Waals surface area contributed by atoms with Crippen LogP contribution < -0.4 is 0 Å². The van der Waals surface area contributed by atoms with E-state index in [-0.39, 0.29) is 6.29 Å². The molecule has 0 aromatic rings. The van der Waals surface area contributed by atoms with Crippen LogP contribution in [0.4, 0.5) is 0 Å². The molecule has 0 fully saturated rings. The second-order valence-corrected chi connectivity index (χ2v) is 7.83. The molecule has 0 unspecified atom stereocenters. The smallest absolute Gasteiger partial charge is 0.157 e. The lowest BCUT2D eigenvalue weighted by Gasteiger charge is -2.18. The first-order chi connectivity index (χ1) is 12.8. The number of halogens is 1. The van der Waals surface area contributed by atoms with Gasteiger partial charge < -0.3 is 9.47 Å². The van der Waals surface area contributed by atoms with Crippen molar-refractivity contribution in [3.8, 4) is 11.8 Å². The maximum atomic E-state index is 6.01. The van der Waals surface area contributed by atoms with Gasteiger partial charge in [0.25, 0.3) is 0 Å². The van der Waals surface area contributed by atoms with E-state index in [4.69, 9.17) is 9.47 Å². The van der Waals surface area contributed by atoms with Crippen LogP contribution in [-0.4, -0.2) is 24.8 Å². The fourth-order valence-electron chi connectivity index (χ4n) is 2.74. The van der Waals surface area contributed by atoms with Gasteiger partial charge in [0.05, 0.1) is 0 Å². The van der Waals surface area contributed by atoms with Crippen LogP contribution >= 0.6 is 15.9 Å². The van der Waals surface area contributed by atoms with Crippen LogP contribution in [0.2, 0.25) is 0 Å². The zero-order valence-electron chi connectivity index (χ0n) is 17.5. The molecule has 0 N–H and O–H groups in total. The number of unbranched alkanes of at least 4 members (excludes halogenated alkanes) is 10. The van der Waals surface area contributed by atoms with Crippen molar-refractivity contribution < 1.29 is 9.47 Å². The monoisotopic (exact) mass is 430 g/mol. The number of ether oxygens (including phenoxy) is 2. The van der Waals surface area contributed by atoms with Gasteiger partial charge in [-0.3, -0.25) is 0 Å². The highest BCUT2D eigenvalue weighted by Crippen LogP contribution is 2.12. The molecular formula is C23H43BrO2. The zero-order valence-corrected chi connectivity index (χ0v) is 19.1. The second-order valence-electron chi connectivity index (χ2n) is 7.04. The summed E-state index contributed by atoms with van der Waals surface area (Å²) in [6.45, 7) is 6.18. The molecule has 0 heterocycles. The molecule has 0 aliphatic rings. The van der Waals surface area contributed by atoms with Crippen LogP contribution in [0.3, 0.4) is 0 Å². The molecule has 0 bridgehead atoms. The Hall–Kier alpha value is -0.0400. The van der Waals surface area contributed by atoms with Crippen LogP contribution in [0.25, 0.3) is 0 Å². The van der Waals surface area contributed by atoms with Gasteiger partial charge in [0.1, 0.15) is 0 Å². The van der Waals surface area contributed by atoms with Crippen molar-refractivity contribution in [1.82, 2.24) is 0 Å². The minimum absolute atomic E-state index is 0.00302. The van der Waals surface area contributed by atoms with Gasteiger partial charge in [-0.05, 0) is 38.5 Å². The van der Waals surface area contributed by atoms with Crippen molar-refractivity contribution in [2.24, 2.45) is 0 Å². The third kappa shape index (κ3) is 20.3. The minimum Gasteiger partial charge on any atom is -0.353 e. The van der Waals surface area contributed by atoms with Crippen molar-refractivity contribution in [1.29, 1.82) is 0 Å². The van der Waals surface area contributed by atoms with Crippen molar-refractivity contribution in [3.63, 3.8) is 0 Å². The minimum atomic E-state index is 0.00302. The van der Waals surface area contributed by atoms with Gasteiger partial charge in [0.2, 0.25) is 0 Å². The largest absolute Gasteiger partial charge is 0.353 e. The lowest BCUT2D eigenvalue weighted by atomic mass is 10.1. The van der Waals surface area contributed by atoms with Crippen molar-refractivity contribution in [2.45, 2.75) is 116 Å². The van der Waals surface area contributed by atoms with Gasteiger partial charge in [0, 0.05) is 31.4 Å². The van der Waals surface area contributed by atoms with Crippen molar-refractivity contribution in [3.05, 3.63) is 0 Å². The summed E-state index contributed by atoms with van der Waals surface area (Å²) in [6, 6.07) is 0. The predicted octanol–water partition coefficient (Wildman–Crippen LogP) is 7.64. The maximum Gasteiger partial charge on any atom is 0.157 e. The summed E-state index contributed by atoms with van der Waals surface area (Å²) in [5.74, 6) is 6.53. The average molecular weight is 431 g/mol. The first-order valence-electron chi connectivity index (χ1n) is 11.1. The highest BCUT2D eigenvalue weighted by molar-refractivity contribution is 9.09. The molecule has 0 spiro atoms. The zero-order chi connectivity index (χ0) is 19.1. The Labute approximate surface area is 172 Å². The molecule has 0 aromatic heterocycles. The second kappa shape index (κ2) is 23.0. The SMILES string of the molecule is CCCCCCOC(CCCCCC#CCCCBr)OCCCCCC. The van der Waals surface area contributed by atoms with E-state index in [2.05, 4.69) is 41.6 Å². The summed E-state index contributed by atoms with van der Waals surface area (Å²) in [7, 11) is 0. The van der Waals surface area contributed by atoms with Crippen molar-refractivity contribution in [2.75, 3.05) is 18.5 Å². The lowest BCUT2D eigenvalue weighted by molar-refractivity contribution is -0.148. The molecule has 0 aliphatic heterocycles. The number of hydrogen-bond donors (Lipinski definition) is 0. The van der Waals surface area contributed by atoms with E-state index >= 15 is 0 Å². The van der Waals surface area contributed by atoms with Crippen LogP contribution in [0.1, 0.15) is 110 Å². The van der Waals surface area contributed by atoms with Gasteiger partial charge in [-0.25, -0.2) is 0 Å². The molecule has 154 valence electrons. The molecule has 2 nitrogen and oxygen atoms in total. The van der Waals surface area contributed by atoms with E-state index in [1.165, 1.54) is 57.8 Å². The Morgan fingerprint density at radius 3 is 1.73 bits per heavy atom. The molecule has 0 radical (unpaired) electrons. The molecule has 0 amide bonds. The lowest BCUT2D eigenvalue weighted by Crippen LogP contribution is -2.19. The molecule has 3 heteroatoms. The summed E-state index contributed by atoms with van der Waals surface area (Å²) in [4.78, 5) is 0. The molecule has 26 heavy (non-hydrogen) atoms. The van der Waals surface area contributed by atoms with Gasteiger partial charge in [-0.1, -0.05) is 74.7 Å². The van der Waals surface area contributed by atoms with Gasteiger partial charge >= 0.3 is 0 Å². The normalized spacial score (nSPS) is 10.9. The van der Waals surface area contributed by atoms with Gasteiger partial charge in [-0.15, -0.1) is 11.8 Å². The number of alkyl halides is 1. The Kier molecular flexibility index (Phi) is 23.0. The number of hydrogen-bond acceptors (Lipinski definition) is 2. The molecule has 0 aromatic carbocycles. The van der Waals surface area contributed by atoms with Crippen LogP contribution in [0.15, 0.2) is 0 Å². The summed E-state index contributed by atoms with van der Waals surface area (Å²) >= 11 is 3.43. The molecule has 0 atom stereocenters. The van der Waals surface area contributed by atoms with Crippen LogP contribution in [-0.2, 0) is 9.47 Å². The third-order valence-corrected chi connectivity index (χ3v) is 4.97. The van der Waals surface area contributed by atoms with E-state index in [0.717, 1.165) is 57.1 Å². The first-order valence-corrected chi connectivity index (χ1v) is 12.2. The molecular weight excluding hydrogens is 388 g/mol. The van der Waals surface area contributed by atoms with Crippen molar-refractivity contribution >= 4 is 15.9 Å². The topological polar surface area (TPSA) is 18.5 Å². The summed E-state index contributed by atoms with van der Waals surface area (Å²) in [5.41, 5.74) is 0. The molecule has 0 saturated carbocycles. The van der Waals surface area contributed by atoms with E-state index < -0.39 is 0 Å².